The van der Waals surface area contributed by atoms with E-state index in [-0.39, 0.29) is 0 Å². The van der Waals surface area contributed by atoms with Crippen LogP contribution in [0, 0.1) is 0 Å². The molecule has 0 atom stereocenters. The Bertz CT molecular complexity index is 1000. The first-order valence-corrected chi connectivity index (χ1v) is 8.95. The van der Waals surface area contributed by atoms with Gasteiger partial charge in [0.25, 0.3) is 0 Å². The van der Waals surface area contributed by atoms with E-state index in [1.165, 1.54) is 0 Å². The summed E-state index contributed by atoms with van der Waals surface area (Å²) in [7, 11) is 1.65. The molecule has 2 heterocycles. The number of aromatic nitrogens is 3. The molecule has 0 saturated heterocycles. The normalized spacial score (nSPS) is 10.5. The fourth-order valence-corrected chi connectivity index (χ4v) is 3.23. The van der Waals surface area contributed by atoms with Crippen LogP contribution in [0.15, 0.2) is 72.4 Å². The number of thiazole rings is 1. The molecule has 128 valence electrons. The van der Waals surface area contributed by atoms with Gasteiger partial charge in [-0.2, -0.15) is 0 Å². The van der Waals surface area contributed by atoms with E-state index in [4.69, 9.17) is 4.74 Å². The van der Waals surface area contributed by atoms with E-state index in [0.717, 1.165) is 33.3 Å². The number of nitrogens with one attached hydrogen (secondary N) is 1. The van der Waals surface area contributed by atoms with Gasteiger partial charge in [0.15, 0.2) is 0 Å². The van der Waals surface area contributed by atoms with Crippen molar-refractivity contribution in [3.63, 3.8) is 0 Å². The molecular weight excluding hydrogens is 344 g/mol. The van der Waals surface area contributed by atoms with E-state index < -0.39 is 0 Å². The van der Waals surface area contributed by atoms with Crippen LogP contribution in [0.1, 0.15) is 0 Å². The highest BCUT2D eigenvalue weighted by molar-refractivity contribution is 7.13. The molecule has 4 aromatic rings. The maximum Gasteiger partial charge on any atom is 0.227 e. The maximum absolute atomic E-state index is 5.48. The van der Waals surface area contributed by atoms with Crippen molar-refractivity contribution in [1.29, 1.82) is 0 Å². The van der Waals surface area contributed by atoms with Gasteiger partial charge in [-0.1, -0.05) is 36.4 Å². The Labute approximate surface area is 155 Å². The van der Waals surface area contributed by atoms with Crippen LogP contribution in [0.5, 0.6) is 5.75 Å². The number of hydrogen-bond donors (Lipinski definition) is 1. The number of nitrogens with zero attached hydrogens (tertiary/aromatic N) is 3. The van der Waals surface area contributed by atoms with Crippen molar-refractivity contribution in [2.24, 2.45) is 0 Å². The fraction of sp³-hybridized carbons (Fsp3) is 0.0500. The van der Waals surface area contributed by atoms with Gasteiger partial charge in [-0.15, -0.1) is 11.3 Å². The topological polar surface area (TPSA) is 59.9 Å². The molecule has 0 radical (unpaired) electrons. The van der Waals surface area contributed by atoms with Crippen molar-refractivity contribution >= 4 is 23.0 Å². The quantitative estimate of drug-likeness (QED) is 0.541. The largest absolute Gasteiger partial charge is 0.495 e. The average Bonchev–Trinajstić information content (AvgIpc) is 3.24. The lowest BCUT2D eigenvalue weighted by molar-refractivity contribution is 0.417. The molecule has 0 aliphatic heterocycles. The first-order valence-electron chi connectivity index (χ1n) is 8.07. The zero-order valence-electron chi connectivity index (χ0n) is 14.1. The van der Waals surface area contributed by atoms with Crippen molar-refractivity contribution in [3.05, 3.63) is 72.4 Å². The molecule has 0 aliphatic rings. The summed E-state index contributed by atoms with van der Waals surface area (Å²) in [6.45, 7) is 0. The number of anilines is 2. The monoisotopic (exact) mass is 360 g/mol. The minimum absolute atomic E-state index is 0.501. The molecule has 0 saturated carbocycles. The molecular formula is C20H16N4OS. The van der Waals surface area contributed by atoms with Crippen LogP contribution < -0.4 is 10.1 Å². The summed E-state index contributed by atoms with van der Waals surface area (Å²) in [5.41, 5.74) is 3.82. The minimum atomic E-state index is 0.501. The van der Waals surface area contributed by atoms with Crippen LogP contribution in [0.3, 0.4) is 0 Å². The van der Waals surface area contributed by atoms with Gasteiger partial charge in [-0.25, -0.2) is 15.0 Å². The van der Waals surface area contributed by atoms with E-state index in [1.807, 2.05) is 47.8 Å². The van der Waals surface area contributed by atoms with Crippen LogP contribution in [-0.2, 0) is 0 Å². The molecule has 0 fully saturated rings. The Balaban J connectivity index is 1.68. The van der Waals surface area contributed by atoms with Gasteiger partial charge in [0.05, 0.1) is 12.8 Å². The number of benzene rings is 2. The van der Waals surface area contributed by atoms with Crippen LogP contribution in [0.4, 0.5) is 11.6 Å². The SMILES string of the molecule is COc1ccc(-c2ccccc2)cc1Nc1nccc(-c2nccs2)n1. The molecule has 2 aromatic heterocycles. The predicted octanol–water partition coefficient (Wildman–Crippen LogP) is 5.02. The standard InChI is InChI=1S/C20H16N4OS/c1-25-18-8-7-15(14-5-3-2-4-6-14)13-17(18)24-20-22-10-9-16(23-20)19-21-11-12-26-19/h2-13H,1H3,(H,22,23,24). The first kappa shape index (κ1) is 16.2. The molecule has 1 N–H and O–H groups in total. The molecule has 4 rings (SSSR count). The number of methoxy groups -OCH3 is 1. The third-order valence-electron chi connectivity index (χ3n) is 3.86. The van der Waals surface area contributed by atoms with Crippen molar-refractivity contribution in [3.8, 4) is 27.6 Å². The van der Waals surface area contributed by atoms with E-state index in [0.29, 0.717) is 5.95 Å². The number of hydrogen-bond acceptors (Lipinski definition) is 6. The van der Waals surface area contributed by atoms with Crippen LogP contribution >= 0.6 is 11.3 Å². The Morgan fingerprint density at radius 3 is 2.58 bits per heavy atom. The summed E-state index contributed by atoms with van der Waals surface area (Å²) in [6.07, 6.45) is 3.49. The van der Waals surface area contributed by atoms with E-state index in [9.17, 15) is 0 Å². The van der Waals surface area contributed by atoms with Gasteiger partial charge in [0.2, 0.25) is 5.95 Å². The predicted molar refractivity (Wildman–Crippen MR) is 105 cm³/mol. The van der Waals surface area contributed by atoms with E-state index in [1.54, 1.807) is 30.8 Å². The fourth-order valence-electron chi connectivity index (χ4n) is 2.62. The average molecular weight is 360 g/mol. The van der Waals surface area contributed by atoms with Crippen LogP contribution in [0.2, 0.25) is 0 Å². The van der Waals surface area contributed by atoms with Crippen molar-refractivity contribution in [1.82, 2.24) is 15.0 Å². The Morgan fingerprint density at radius 2 is 1.81 bits per heavy atom. The molecule has 26 heavy (non-hydrogen) atoms. The van der Waals surface area contributed by atoms with Crippen molar-refractivity contribution in [2.75, 3.05) is 12.4 Å². The van der Waals surface area contributed by atoms with Gasteiger partial charge in [0, 0.05) is 17.8 Å². The number of rotatable bonds is 5. The highest BCUT2D eigenvalue weighted by Gasteiger charge is 2.09. The summed E-state index contributed by atoms with van der Waals surface area (Å²) >= 11 is 1.54. The Kier molecular flexibility index (Phi) is 4.57. The van der Waals surface area contributed by atoms with Gasteiger partial charge < -0.3 is 10.1 Å². The van der Waals surface area contributed by atoms with E-state index in [2.05, 4.69) is 32.4 Å². The summed E-state index contributed by atoms with van der Waals surface area (Å²) in [5.74, 6) is 1.23. The molecule has 0 spiro atoms. The lowest BCUT2D eigenvalue weighted by Gasteiger charge is -2.12. The Morgan fingerprint density at radius 1 is 0.923 bits per heavy atom. The highest BCUT2D eigenvalue weighted by atomic mass is 32.1. The zero-order valence-corrected chi connectivity index (χ0v) is 14.9. The number of ether oxygens (including phenoxy) is 1. The molecule has 2 aromatic carbocycles. The smallest absolute Gasteiger partial charge is 0.227 e. The second kappa shape index (κ2) is 7.33. The van der Waals surface area contributed by atoms with Gasteiger partial charge in [-0.05, 0) is 29.3 Å². The van der Waals surface area contributed by atoms with Gasteiger partial charge in [-0.3, -0.25) is 0 Å². The summed E-state index contributed by atoms with van der Waals surface area (Å²) in [4.78, 5) is 13.2. The van der Waals surface area contributed by atoms with Gasteiger partial charge >= 0.3 is 0 Å². The summed E-state index contributed by atoms with van der Waals surface area (Å²) in [5, 5.41) is 6.05. The summed E-state index contributed by atoms with van der Waals surface area (Å²) < 4.78 is 5.48. The summed E-state index contributed by atoms with van der Waals surface area (Å²) in [6, 6.07) is 18.1. The second-order valence-corrected chi connectivity index (χ2v) is 6.40. The van der Waals surface area contributed by atoms with Crippen molar-refractivity contribution < 1.29 is 4.74 Å². The van der Waals surface area contributed by atoms with Crippen molar-refractivity contribution in [2.45, 2.75) is 0 Å². The molecule has 5 nitrogen and oxygen atoms in total. The van der Waals surface area contributed by atoms with Gasteiger partial charge in [0.1, 0.15) is 16.5 Å². The molecule has 0 unspecified atom stereocenters. The van der Waals surface area contributed by atoms with Crippen LogP contribution in [-0.4, -0.2) is 22.1 Å². The Hall–Kier alpha value is -3.25. The highest BCUT2D eigenvalue weighted by Crippen LogP contribution is 2.32. The third-order valence-corrected chi connectivity index (χ3v) is 4.66. The first-order chi connectivity index (χ1) is 12.8. The maximum atomic E-state index is 5.48. The molecule has 0 bridgehead atoms. The van der Waals surface area contributed by atoms with E-state index >= 15 is 0 Å². The molecule has 6 heteroatoms. The molecule has 0 aliphatic carbocycles. The zero-order chi connectivity index (χ0) is 17.8. The second-order valence-electron chi connectivity index (χ2n) is 5.51. The molecule has 0 amide bonds. The van der Waals surface area contributed by atoms with Crippen LogP contribution in [0.25, 0.3) is 21.8 Å². The third kappa shape index (κ3) is 3.41. The lowest BCUT2D eigenvalue weighted by atomic mass is 10.0. The minimum Gasteiger partial charge on any atom is -0.495 e. The lowest BCUT2D eigenvalue weighted by Crippen LogP contribution is -2.00.